The van der Waals surface area contributed by atoms with Gasteiger partial charge in [-0.05, 0) is 32.9 Å². The van der Waals surface area contributed by atoms with Crippen molar-refractivity contribution < 1.29 is 9.13 Å². The van der Waals surface area contributed by atoms with Crippen molar-refractivity contribution in [1.29, 1.82) is 0 Å². The van der Waals surface area contributed by atoms with E-state index in [0.717, 1.165) is 0 Å². The summed E-state index contributed by atoms with van der Waals surface area (Å²) in [6, 6.07) is 4.57. The summed E-state index contributed by atoms with van der Waals surface area (Å²) in [6.07, 6.45) is 0. The summed E-state index contributed by atoms with van der Waals surface area (Å²) in [6.45, 7) is 5.75. The van der Waals surface area contributed by atoms with Crippen molar-refractivity contribution >= 4 is 5.95 Å². The van der Waals surface area contributed by atoms with Crippen LogP contribution in [0.2, 0.25) is 0 Å². The standard InChI is InChI=1S/C14H17FN4O/c1-8(2)16-14-18-9(3)17-13(19-14)10-5-11(15)7-12(6-10)20-4/h5-8H,1-4H3,(H,16,17,18,19). The van der Waals surface area contributed by atoms with E-state index < -0.39 is 5.82 Å². The van der Waals surface area contributed by atoms with Gasteiger partial charge in [0.25, 0.3) is 0 Å². The molecule has 0 atom stereocenters. The van der Waals surface area contributed by atoms with E-state index in [1.165, 1.54) is 19.2 Å². The number of anilines is 1. The van der Waals surface area contributed by atoms with Crippen LogP contribution < -0.4 is 10.1 Å². The smallest absolute Gasteiger partial charge is 0.226 e. The van der Waals surface area contributed by atoms with Gasteiger partial charge in [-0.25, -0.2) is 9.37 Å². The molecule has 20 heavy (non-hydrogen) atoms. The van der Waals surface area contributed by atoms with Crippen LogP contribution in [0.4, 0.5) is 10.3 Å². The minimum Gasteiger partial charge on any atom is -0.497 e. The molecule has 0 spiro atoms. The van der Waals surface area contributed by atoms with Crippen LogP contribution in [0.1, 0.15) is 19.7 Å². The van der Waals surface area contributed by atoms with E-state index in [0.29, 0.717) is 28.9 Å². The average molecular weight is 276 g/mol. The molecule has 0 aliphatic heterocycles. The monoisotopic (exact) mass is 276 g/mol. The highest BCUT2D eigenvalue weighted by atomic mass is 19.1. The van der Waals surface area contributed by atoms with E-state index in [2.05, 4.69) is 20.3 Å². The second-order valence-corrected chi connectivity index (χ2v) is 4.71. The number of hydrogen-bond acceptors (Lipinski definition) is 5. The average Bonchev–Trinajstić information content (AvgIpc) is 2.36. The summed E-state index contributed by atoms with van der Waals surface area (Å²) >= 11 is 0. The highest BCUT2D eigenvalue weighted by Gasteiger charge is 2.10. The molecule has 0 bridgehead atoms. The summed E-state index contributed by atoms with van der Waals surface area (Å²) in [5.74, 6) is 1.50. The number of halogens is 1. The van der Waals surface area contributed by atoms with Gasteiger partial charge < -0.3 is 10.1 Å². The summed E-state index contributed by atoms with van der Waals surface area (Å²) in [5.41, 5.74) is 0.555. The first-order valence-electron chi connectivity index (χ1n) is 6.32. The lowest BCUT2D eigenvalue weighted by molar-refractivity contribution is 0.411. The molecule has 0 aliphatic rings. The Morgan fingerprint density at radius 1 is 1.15 bits per heavy atom. The van der Waals surface area contributed by atoms with Crippen molar-refractivity contribution in [3.8, 4) is 17.1 Å². The molecule has 0 fully saturated rings. The fourth-order valence-corrected chi connectivity index (χ4v) is 1.74. The van der Waals surface area contributed by atoms with Crippen LogP contribution in [-0.2, 0) is 0 Å². The molecule has 0 saturated heterocycles. The van der Waals surface area contributed by atoms with Gasteiger partial charge in [0, 0.05) is 17.7 Å². The topological polar surface area (TPSA) is 59.9 Å². The molecule has 0 radical (unpaired) electrons. The number of hydrogen-bond donors (Lipinski definition) is 1. The zero-order valence-corrected chi connectivity index (χ0v) is 11.9. The van der Waals surface area contributed by atoms with E-state index >= 15 is 0 Å². The van der Waals surface area contributed by atoms with Gasteiger partial charge in [-0.1, -0.05) is 0 Å². The van der Waals surface area contributed by atoms with Crippen molar-refractivity contribution in [1.82, 2.24) is 15.0 Å². The second kappa shape index (κ2) is 5.81. The van der Waals surface area contributed by atoms with Crippen molar-refractivity contribution in [3.05, 3.63) is 29.8 Å². The lowest BCUT2D eigenvalue weighted by Gasteiger charge is -2.10. The maximum absolute atomic E-state index is 13.5. The van der Waals surface area contributed by atoms with E-state index in [4.69, 9.17) is 4.74 Å². The fraction of sp³-hybridized carbons (Fsp3) is 0.357. The molecule has 6 heteroatoms. The SMILES string of the molecule is COc1cc(F)cc(-c2nc(C)nc(NC(C)C)n2)c1. The third-order valence-electron chi connectivity index (χ3n) is 2.53. The molecule has 0 saturated carbocycles. The number of nitrogens with one attached hydrogen (secondary N) is 1. The summed E-state index contributed by atoms with van der Waals surface area (Å²) in [4.78, 5) is 12.8. The number of rotatable bonds is 4. The number of benzene rings is 1. The Morgan fingerprint density at radius 3 is 2.55 bits per heavy atom. The summed E-state index contributed by atoms with van der Waals surface area (Å²) in [7, 11) is 1.49. The summed E-state index contributed by atoms with van der Waals surface area (Å²) in [5, 5.41) is 3.11. The number of aromatic nitrogens is 3. The maximum atomic E-state index is 13.5. The molecular weight excluding hydrogens is 259 g/mol. The predicted octanol–water partition coefficient (Wildman–Crippen LogP) is 2.82. The number of nitrogens with zero attached hydrogens (tertiary/aromatic N) is 3. The molecule has 0 unspecified atom stereocenters. The van der Waals surface area contributed by atoms with Crippen LogP contribution >= 0.6 is 0 Å². The van der Waals surface area contributed by atoms with Crippen LogP contribution in [0.3, 0.4) is 0 Å². The molecule has 1 heterocycles. The minimum atomic E-state index is -0.393. The molecule has 0 amide bonds. The van der Waals surface area contributed by atoms with E-state index in [9.17, 15) is 4.39 Å². The summed E-state index contributed by atoms with van der Waals surface area (Å²) < 4.78 is 18.6. The van der Waals surface area contributed by atoms with E-state index in [1.807, 2.05) is 13.8 Å². The van der Waals surface area contributed by atoms with Crippen LogP contribution in [0, 0.1) is 12.7 Å². The second-order valence-electron chi connectivity index (χ2n) is 4.71. The predicted molar refractivity (Wildman–Crippen MR) is 75.3 cm³/mol. The van der Waals surface area contributed by atoms with E-state index in [1.54, 1.807) is 13.0 Å². The Labute approximate surface area is 117 Å². The molecule has 1 N–H and O–H groups in total. The number of aryl methyl sites for hydroxylation is 1. The fourth-order valence-electron chi connectivity index (χ4n) is 1.74. The van der Waals surface area contributed by atoms with Gasteiger partial charge in [-0.15, -0.1) is 0 Å². The van der Waals surface area contributed by atoms with Gasteiger partial charge in [0.05, 0.1) is 7.11 Å². The molecule has 1 aromatic carbocycles. The Balaban J connectivity index is 2.46. The highest BCUT2D eigenvalue weighted by Crippen LogP contribution is 2.23. The van der Waals surface area contributed by atoms with Crippen molar-refractivity contribution in [2.75, 3.05) is 12.4 Å². The third-order valence-corrected chi connectivity index (χ3v) is 2.53. The van der Waals surface area contributed by atoms with Gasteiger partial charge in [-0.2, -0.15) is 9.97 Å². The zero-order valence-electron chi connectivity index (χ0n) is 11.9. The Hall–Kier alpha value is -2.24. The molecule has 2 rings (SSSR count). The van der Waals surface area contributed by atoms with Gasteiger partial charge in [0.1, 0.15) is 17.4 Å². The first kappa shape index (κ1) is 14.2. The molecular formula is C14H17FN4O. The molecule has 106 valence electrons. The first-order valence-corrected chi connectivity index (χ1v) is 6.32. The third kappa shape index (κ3) is 3.40. The van der Waals surface area contributed by atoms with Gasteiger partial charge in [0.15, 0.2) is 5.82 Å². The Morgan fingerprint density at radius 2 is 1.90 bits per heavy atom. The Kier molecular flexibility index (Phi) is 4.12. The molecule has 0 aliphatic carbocycles. The lowest BCUT2D eigenvalue weighted by Crippen LogP contribution is -2.14. The van der Waals surface area contributed by atoms with Gasteiger partial charge in [0.2, 0.25) is 5.95 Å². The Bertz CT molecular complexity index is 616. The van der Waals surface area contributed by atoms with Crippen LogP contribution in [0.5, 0.6) is 5.75 Å². The van der Waals surface area contributed by atoms with Gasteiger partial charge >= 0.3 is 0 Å². The van der Waals surface area contributed by atoms with Crippen LogP contribution in [0.25, 0.3) is 11.4 Å². The van der Waals surface area contributed by atoms with Crippen molar-refractivity contribution in [2.24, 2.45) is 0 Å². The number of methoxy groups -OCH3 is 1. The minimum absolute atomic E-state index is 0.201. The van der Waals surface area contributed by atoms with Crippen LogP contribution in [-0.4, -0.2) is 28.1 Å². The maximum Gasteiger partial charge on any atom is 0.226 e. The zero-order chi connectivity index (χ0) is 14.7. The lowest BCUT2D eigenvalue weighted by atomic mass is 10.2. The quantitative estimate of drug-likeness (QED) is 0.930. The molecule has 1 aromatic heterocycles. The first-order chi connectivity index (χ1) is 9.47. The molecule has 5 nitrogen and oxygen atoms in total. The van der Waals surface area contributed by atoms with E-state index in [-0.39, 0.29) is 6.04 Å². The van der Waals surface area contributed by atoms with Crippen LogP contribution in [0.15, 0.2) is 18.2 Å². The van der Waals surface area contributed by atoms with Gasteiger partial charge in [-0.3, -0.25) is 0 Å². The van der Waals surface area contributed by atoms with Crippen molar-refractivity contribution in [3.63, 3.8) is 0 Å². The normalized spacial score (nSPS) is 10.7. The highest BCUT2D eigenvalue weighted by molar-refractivity contribution is 5.58. The number of ether oxygens (including phenoxy) is 1. The van der Waals surface area contributed by atoms with Crippen molar-refractivity contribution in [2.45, 2.75) is 26.8 Å². The molecule has 2 aromatic rings. The largest absolute Gasteiger partial charge is 0.497 e.